The maximum absolute atomic E-state index is 11.8. The molecule has 106 valence electrons. The normalized spacial score (nSPS) is 11.3. The van der Waals surface area contributed by atoms with Gasteiger partial charge in [-0.15, -0.1) is 11.3 Å². The van der Waals surface area contributed by atoms with Crippen molar-refractivity contribution in [2.24, 2.45) is 5.73 Å². The maximum atomic E-state index is 11.8. The number of nitrogens with two attached hydrogens (primary N) is 1. The van der Waals surface area contributed by atoms with Crippen molar-refractivity contribution in [2.75, 3.05) is 13.7 Å². The Bertz CT molecular complexity index is 596. The lowest BCUT2D eigenvalue weighted by Gasteiger charge is -2.04. The number of thiophene rings is 1. The van der Waals surface area contributed by atoms with E-state index in [2.05, 4.69) is 25.5 Å². The zero-order chi connectivity index (χ0) is 14.6. The number of halogens is 1. The highest BCUT2D eigenvalue weighted by Gasteiger charge is 2.24. The zero-order valence-electron chi connectivity index (χ0n) is 9.51. The Morgan fingerprint density at radius 2 is 2.16 bits per heavy atom. The van der Waals surface area contributed by atoms with Gasteiger partial charge in [0, 0.05) is 0 Å². The van der Waals surface area contributed by atoms with Crippen LogP contribution in [0.3, 0.4) is 0 Å². The monoisotopic (exact) mass is 372 g/mol. The minimum atomic E-state index is -4.03. The summed E-state index contributed by atoms with van der Waals surface area (Å²) in [6.07, 6.45) is 0. The topological polar surface area (TPSA) is 125 Å². The summed E-state index contributed by atoms with van der Waals surface area (Å²) in [5.74, 6) is -1.49. The molecule has 1 amide bonds. The summed E-state index contributed by atoms with van der Waals surface area (Å²) in [6, 6.07) is 1.12. The van der Waals surface area contributed by atoms with E-state index in [-0.39, 0.29) is 13.6 Å². The van der Waals surface area contributed by atoms with E-state index in [9.17, 15) is 18.0 Å². The van der Waals surface area contributed by atoms with Crippen LogP contribution >= 0.6 is 27.3 Å². The van der Waals surface area contributed by atoms with E-state index in [1.165, 1.54) is 7.11 Å². The molecule has 0 atom stereocenters. The smallest absolute Gasteiger partial charge is 0.348 e. The number of methoxy groups -OCH3 is 1. The minimum Gasteiger partial charge on any atom is -0.465 e. The lowest BCUT2D eigenvalue weighted by atomic mass is 10.5. The van der Waals surface area contributed by atoms with Crippen LogP contribution in [0.2, 0.25) is 0 Å². The molecule has 8 nitrogen and oxygen atoms in total. The Kier molecular flexibility index (Phi) is 5.43. The van der Waals surface area contributed by atoms with Crippen LogP contribution in [-0.4, -0.2) is 34.0 Å². The fraction of sp³-hybridized carbons (Fsp3) is 0.250. The van der Waals surface area contributed by atoms with E-state index in [1.54, 1.807) is 4.89 Å². The number of sulfonamides is 1. The van der Waals surface area contributed by atoms with Gasteiger partial charge in [0.1, 0.15) is 16.4 Å². The number of primary amides is 1. The van der Waals surface area contributed by atoms with Gasteiger partial charge in [-0.25, -0.2) is 13.2 Å². The molecular formula is C8H9BrN2O6S2. The van der Waals surface area contributed by atoms with Crippen LogP contribution in [0.25, 0.3) is 0 Å². The molecule has 1 aromatic rings. The number of esters is 1. The summed E-state index contributed by atoms with van der Waals surface area (Å²) >= 11 is 3.91. The fourth-order valence-electron chi connectivity index (χ4n) is 0.960. The van der Waals surface area contributed by atoms with E-state index < -0.39 is 28.5 Å². The quantitative estimate of drug-likeness (QED) is 0.534. The van der Waals surface area contributed by atoms with Crippen molar-refractivity contribution < 1.29 is 27.6 Å². The third-order valence-electron chi connectivity index (χ3n) is 1.71. The van der Waals surface area contributed by atoms with Crippen LogP contribution in [0.15, 0.2) is 14.7 Å². The molecule has 0 saturated heterocycles. The number of hydrogen-bond donors (Lipinski definition) is 2. The third kappa shape index (κ3) is 4.24. The van der Waals surface area contributed by atoms with Gasteiger partial charge in [0.2, 0.25) is 5.91 Å². The fourth-order valence-corrected chi connectivity index (χ4v) is 4.25. The van der Waals surface area contributed by atoms with Crippen molar-refractivity contribution in [3.8, 4) is 0 Å². The summed E-state index contributed by atoms with van der Waals surface area (Å²) in [6.45, 7) is -0.606. The van der Waals surface area contributed by atoms with Crippen molar-refractivity contribution in [1.29, 1.82) is 0 Å². The Balaban J connectivity index is 2.92. The molecule has 1 rings (SSSR count). The number of carbonyl (C=O) groups is 2. The van der Waals surface area contributed by atoms with Crippen LogP contribution in [0.5, 0.6) is 0 Å². The molecule has 0 unspecified atom stereocenters. The van der Waals surface area contributed by atoms with Crippen molar-refractivity contribution >= 4 is 49.2 Å². The van der Waals surface area contributed by atoms with Gasteiger partial charge in [-0.1, -0.05) is 4.89 Å². The second-order valence-electron chi connectivity index (χ2n) is 3.08. The SMILES string of the molecule is COC(=O)c1cc(S(=O)(=O)NOCC(N)=O)c(Br)s1. The van der Waals surface area contributed by atoms with Gasteiger partial charge in [-0.05, 0) is 22.0 Å². The Labute approximate surface area is 121 Å². The highest BCUT2D eigenvalue weighted by molar-refractivity contribution is 9.11. The highest BCUT2D eigenvalue weighted by atomic mass is 79.9. The standard InChI is InChI=1S/C8H9BrN2O6S2/c1-16-8(13)4-2-5(7(9)18-4)19(14,15)11-17-3-6(10)12/h2,11H,3H2,1H3,(H2,10,12). The lowest BCUT2D eigenvalue weighted by molar-refractivity contribution is -0.123. The van der Waals surface area contributed by atoms with Crippen molar-refractivity contribution in [3.05, 3.63) is 14.7 Å². The molecule has 0 fully saturated rings. The van der Waals surface area contributed by atoms with Gasteiger partial charge >= 0.3 is 5.97 Å². The van der Waals surface area contributed by atoms with Gasteiger partial charge in [0.15, 0.2) is 0 Å². The van der Waals surface area contributed by atoms with E-state index in [1.807, 2.05) is 0 Å². The van der Waals surface area contributed by atoms with Gasteiger partial charge < -0.3 is 10.5 Å². The largest absolute Gasteiger partial charge is 0.465 e. The van der Waals surface area contributed by atoms with E-state index >= 15 is 0 Å². The average Bonchev–Trinajstić information content (AvgIpc) is 2.70. The zero-order valence-corrected chi connectivity index (χ0v) is 12.7. The molecule has 0 aliphatic heterocycles. The Morgan fingerprint density at radius 3 is 2.68 bits per heavy atom. The lowest BCUT2D eigenvalue weighted by Crippen LogP contribution is -2.29. The molecule has 3 N–H and O–H groups in total. The summed E-state index contributed by atoms with van der Waals surface area (Å²) in [5.41, 5.74) is 4.79. The van der Waals surface area contributed by atoms with Crippen LogP contribution in [0.4, 0.5) is 0 Å². The number of hydrogen-bond acceptors (Lipinski definition) is 7. The second kappa shape index (κ2) is 6.43. The predicted octanol–water partition coefficient (Wildman–Crippen LogP) is -0.00760. The highest BCUT2D eigenvalue weighted by Crippen LogP contribution is 2.31. The van der Waals surface area contributed by atoms with Crippen LogP contribution in [-0.2, 0) is 24.4 Å². The molecule has 19 heavy (non-hydrogen) atoms. The molecule has 1 aromatic heterocycles. The molecule has 0 aliphatic rings. The third-order valence-corrected chi connectivity index (χ3v) is 5.16. The van der Waals surface area contributed by atoms with Gasteiger partial charge in [-0.2, -0.15) is 0 Å². The summed E-state index contributed by atoms with van der Waals surface area (Å²) in [7, 11) is -2.85. The van der Waals surface area contributed by atoms with Gasteiger partial charge in [0.25, 0.3) is 10.0 Å². The molecule has 11 heteroatoms. The number of amides is 1. The first kappa shape index (κ1) is 16.0. The van der Waals surface area contributed by atoms with Crippen molar-refractivity contribution in [3.63, 3.8) is 0 Å². The first-order valence-electron chi connectivity index (χ1n) is 4.57. The summed E-state index contributed by atoms with van der Waals surface area (Å²) < 4.78 is 28.3. The molecule has 0 saturated carbocycles. The molecule has 0 aromatic carbocycles. The molecule has 0 spiro atoms. The maximum Gasteiger partial charge on any atom is 0.348 e. The van der Waals surface area contributed by atoms with Crippen molar-refractivity contribution in [1.82, 2.24) is 4.89 Å². The molecule has 0 radical (unpaired) electrons. The van der Waals surface area contributed by atoms with Crippen LogP contribution in [0, 0.1) is 0 Å². The summed E-state index contributed by atoms with van der Waals surface area (Å²) in [4.78, 5) is 27.7. The first-order chi connectivity index (χ1) is 8.77. The van der Waals surface area contributed by atoms with E-state index in [0.717, 1.165) is 17.4 Å². The average molecular weight is 373 g/mol. The summed E-state index contributed by atoms with van der Waals surface area (Å²) in [5, 5.41) is 0. The van der Waals surface area contributed by atoms with E-state index in [0.29, 0.717) is 0 Å². The first-order valence-corrected chi connectivity index (χ1v) is 7.66. The Morgan fingerprint density at radius 1 is 1.53 bits per heavy atom. The Hall–Kier alpha value is -1.01. The minimum absolute atomic E-state index is 0.102. The number of nitrogens with one attached hydrogen (secondary N) is 1. The number of ether oxygens (including phenoxy) is 1. The van der Waals surface area contributed by atoms with Crippen molar-refractivity contribution in [2.45, 2.75) is 4.90 Å². The van der Waals surface area contributed by atoms with Gasteiger partial charge in [-0.3, -0.25) is 9.63 Å². The number of carbonyl (C=O) groups excluding carboxylic acids is 2. The van der Waals surface area contributed by atoms with Crippen LogP contribution < -0.4 is 10.6 Å². The predicted molar refractivity (Wildman–Crippen MR) is 68.8 cm³/mol. The van der Waals surface area contributed by atoms with Gasteiger partial charge in [0.05, 0.1) is 10.9 Å². The van der Waals surface area contributed by atoms with Crippen LogP contribution in [0.1, 0.15) is 9.67 Å². The molecule has 0 aliphatic carbocycles. The number of rotatable bonds is 6. The molecule has 0 bridgehead atoms. The molecule has 1 heterocycles. The van der Waals surface area contributed by atoms with E-state index in [4.69, 9.17) is 5.73 Å². The molecular weight excluding hydrogens is 364 g/mol. The second-order valence-corrected chi connectivity index (χ2v) is 7.07.